The van der Waals surface area contributed by atoms with Gasteiger partial charge in [-0.2, -0.15) is 0 Å². The van der Waals surface area contributed by atoms with Crippen molar-refractivity contribution >= 4 is 17.7 Å². The molecule has 6 nitrogen and oxygen atoms in total. The molecule has 2 N–H and O–H groups in total. The number of carbonyl (C=O) groups excluding carboxylic acids is 1. The number of nitrogens with zero attached hydrogens (tertiary/aromatic N) is 1. The molecule has 6 heteroatoms. The minimum Gasteiger partial charge on any atom is -0.493 e. The van der Waals surface area contributed by atoms with E-state index in [0.29, 0.717) is 30.8 Å². The van der Waals surface area contributed by atoms with Crippen molar-refractivity contribution in [2.45, 2.75) is 25.7 Å². The fourth-order valence-corrected chi connectivity index (χ4v) is 2.52. The number of nitrogens with one attached hydrogen (secondary N) is 1. The molecule has 1 amide bonds. The second kappa shape index (κ2) is 6.36. The first-order chi connectivity index (χ1) is 9.61. The molecule has 1 fully saturated rings. The van der Waals surface area contributed by atoms with E-state index in [-0.39, 0.29) is 11.8 Å². The monoisotopic (exact) mass is 278 g/mol. The van der Waals surface area contributed by atoms with Crippen molar-refractivity contribution in [3.8, 4) is 5.75 Å². The minimum absolute atomic E-state index is 0.187. The lowest BCUT2D eigenvalue weighted by Gasteiger charge is -2.25. The standard InChI is InChI=1S/C14H18N2O4/c1-20-11-6-3-7-15-12(11)16-13(17)9-4-2-5-10(8-9)14(18)19/h3,6-7,9-10H,2,4-5,8H2,1H3,(H,18,19)(H,15,16,17). The topological polar surface area (TPSA) is 88.5 Å². The van der Waals surface area contributed by atoms with Gasteiger partial charge >= 0.3 is 5.97 Å². The third-order valence-corrected chi connectivity index (χ3v) is 3.63. The molecule has 1 aliphatic carbocycles. The van der Waals surface area contributed by atoms with E-state index in [1.165, 1.54) is 7.11 Å². The predicted molar refractivity (Wildman–Crippen MR) is 72.5 cm³/mol. The maximum absolute atomic E-state index is 12.2. The van der Waals surface area contributed by atoms with Crippen LogP contribution in [0.4, 0.5) is 5.82 Å². The van der Waals surface area contributed by atoms with Crippen LogP contribution in [0.3, 0.4) is 0 Å². The van der Waals surface area contributed by atoms with Crippen molar-refractivity contribution in [1.82, 2.24) is 4.98 Å². The molecule has 1 aromatic rings. The second-order valence-electron chi connectivity index (χ2n) is 4.94. The van der Waals surface area contributed by atoms with Crippen molar-refractivity contribution in [3.05, 3.63) is 18.3 Å². The third-order valence-electron chi connectivity index (χ3n) is 3.63. The molecular formula is C14H18N2O4. The van der Waals surface area contributed by atoms with E-state index in [4.69, 9.17) is 9.84 Å². The van der Waals surface area contributed by atoms with Gasteiger partial charge in [0.05, 0.1) is 13.0 Å². The van der Waals surface area contributed by atoms with Crippen LogP contribution in [0, 0.1) is 11.8 Å². The van der Waals surface area contributed by atoms with Gasteiger partial charge in [0, 0.05) is 12.1 Å². The number of methoxy groups -OCH3 is 1. The van der Waals surface area contributed by atoms with E-state index in [0.717, 1.165) is 6.42 Å². The van der Waals surface area contributed by atoms with Gasteiger partial charge in [-0.25, -0.2) is 4.98 Å². The quantitative estimate of drug-likeness (QED) is 0.878. The van der Waals surface area contributed by atoms with Gasteiger partial charge in [-0.1, -0.05) is 6.42 Å². The summed E-state index contributed by atoms with van der Waals surface area (Å²) in [5.74, 6) is -0.851. The van der Waals surface area contributed by atoms with Gasteiger partial charge in [0.2, 0.25) is 5.91 Å². The summed E-state index contributed by atoms with van der Waals surface area (Å²) >= 11 is 0. The normalized spacial score (nSPS) is 22.1. The van der Waals surface area contributed by atoms with Gasteiger partial charge in [0.25, 0.3) is 0 Å². The highest BCUT2D eigenvalue weighted by atomic mass is 16.5. The number of aromatic nitrogens is 1. The zero-order valence-corrected chi connectivity index (χ0v) is 11.3. The molecule has 1 aliphatic rings. The molecule has 2 atom stereocenters. The number of rotatable bonds is 4. The lowest BCUT2D eigenvalue weighted by atomic mass is 9.81. The summed E-state index contributed by atoms with van der Waals surface area (Å²) in [5, 5.41) is 11.8. The van der Waals surface area contributed by atoms with Crippen LogP contribution in [0.5, 0.6) is 5.75 Å². The highest BCUT2D eigenvalue weighted by Gasteiger charge is 2.31. The fraction of sp³-hybridized carbons (Fsp3) is 0.500. The maximum atomic E-state index is 12.2. The van der Waals surface area contributed by atoms with Crippen molar-refractivity contribution in [1.29, 1.82) is 0 Å². The van der Waals surface area contributed by atoms with E-state index < -0.39 is 11.9 Å². The fourth-order valence-electron chi connectivity index (χ4n) is 2.52. The Morgan fingerprint density at radius 1 is 1.40 bits per heavy atom. The van der Waals surface area contributed by atoms with Crippen LogP contribution in [-0.2, 0) is 9.59 Å². The molecule has 1 heterocycles. The van der Waals surface area contributed by atoms with Gasteiger partial charge in [-0.05, 0) is 31.4 Å². The molecule has 1 saturated carbocycles. The molecule has 2 rings (SSSR count). The van der Waals surface area contributed by atoms with E-state index in [9.17, 15) is 9.59 Å². The summed E-state index contributed by atoms with van der Waals surface area (Å²) in [7, 11) is 1.51. The smallest absolute Gasteiger partial charge is 0.306 e. The Balaban J connectivity index is 2.02. The Hall–Kier alpha value is -2.11. The summed E-state index contributed by atoms with van der Waals surface area (Å²) in [4.78, 5) is 27.3. The highest BCUT2D eigenvalue weighted by Crippen LogP contribution is 2.30. The van der Waals surface area contributed by atoms with Gasteiger partial charge in [-0.15, -0.1) is 0 Å². The molecule has 0 saturated heterocycles. The Morgan fingerprint density at radius 3 is 2.85 bits per heavy atom. The van der Waals surface area contributed by atoms with Crippen molar-refractivity contribution in [2.24, 2.45) is 11.8 Å². The summed E-state index contributed by atoms with van der Waals surface area (Å²) in [6.07, 6.45) is 4.07. The van der Waals surface area contributed by atoms with Gasteiger partial charge in [0.15, 0.2) is 11.6 Å². The Bertz CT molecular complexity index is 504. The average Bonchev–Trinajstić information content (AvgIpc) is 2.48. The van der Waals surface area contributed by atoms with Crippen molar-refractivity contribution in [2.75, 3.05) is 12.4 Å². The number of carboxylic acids is 1. The molecule has 0 aliphatic heterocycles. The highest BCUT2D eigenvalue weighted by molar-refractivity contribution is 5.93. The summed E-state index contributed by atoms with van der Waals surface area (Å²) < 4.78 is 5.12. The van der Waals surface area contributed by atoms with Crippen LogP contribution >= 0.6 is 0 Å². The lowest BCUT2D eigenvalue weighted by molar-refractivity contribution is -0.143. The molecule has 0 spiro atoms. The van der Waals surface area contributed by atoms with Crippen LogP contribution in [-0.4, -0.2) is 29.1 Å². The predicted octanol–water partition coefficient (Wildman–Crippen LogP) is 1.92. The first-order valence-electron chi connectivity index (χ1n) is 6.64. The van der Waals surface area contributed by atoms with Crippen LogP contribution < -0.4 is 10.1 Å². The van der Waals surface area contributed by atoms with E-state index >= 15 is 0 Å². The summed E-state index contributed by atoms with van der Waals surface area (Å²) in [6.45, 7) is 0. The van der Waals surface area contributed by atoms with Crippen molar-refractivity contribution in [3.63, 3.8) is 0 Å². The zero-order chi connectivity index (χ0) is 14.5. The number of hydrogen-bond acceptors (Lipinski definition) is 4. The number of aliphatic carboxylic acids is 1. The van der Waals surface area contributed by atoms with Crippen LogP contribution in [0.1, 0.15) is 25.7 Å². The Kier molecular flexibility index (Phi) is 4.55. The number of pyridine rings is 1. The first kappa shape index (κ1) is 14.3. The van der Waals surface area contributed by atoms with Crippen molar-refractivity contribution < 1.29 is 19.4 Å². The van der Waals surface area contributed by atoms with Crippen LogP contribution in [0.25, 0.3) is 0 Å². The maximum Gasteiger partial charge on any atom is 0.306 e. The van der Waals surface area contributed by atoms with Gasteiger partial charge in [-0.3, -0.25) is 9.59 Å². The molecule has 2 unspecified atom stereocenters. The lowest BCUT2D eigenvalue weighted by Crippen LogP contribution is -2.31. The summed E-state index contributed by atoms with van der Waals surface area (Å²) in [6, 6.07) is 3.43. The number of amides is 1. The molecule has 0 bridgehead atoms. The minimum atomic E-state index is -0.821. The average molecular weight is 278 g/mol. The largest absolute Gasteiger partial charge is 0.493 e. The van der Waals surface area contributed by atoms with E-state index in [2.05, 4.69) is 10.3 Å². The van der Waals surface area contributed by atoms with Gasteiger partial charge < -0.3 is 15.2 Å². The number of carboxylic acid groups (broad SMARTS) is 1. The van der Waals surface area contributed by atoms with E-state index in [1.54, 1.807) is 18.3 Å². The molecular weight excluding hydrogens is 260 g/mol. The zero-order valence-electron chi connectivity index (χ0n) is 11.3. The number of anilines is 1. The van der Waals surface area contributed by atoms with Crippen LogP contribution in [0.15, 0.2) is 18.3 Å². The third kappa shape index (κ3) is 3.26. The molecule has 0 aromatic carbocycles. The van der Waals surface area contributed by atoms with Gasteiger partial charge in [0.1, 0.15) is 0 Å². The Labute approximate surface area is 117 Å². The van der Waals surface area contributed by atoms with Crippen LogP contribution in [0.2, 0.25) is 0 Å². The number of carbonyl (C=O) groups is 2. The molecule has 1 aromatic heterocycles. The number of hydrogen-bond donors (Lipinski definition) is 2. The molecule has 20 heavy (non-hydrogen) atoms. The second-order valence-corrected chi connectivity index (χ2v) is 4.94. The van der Waals surface area contributed by atoms with E-state index in [1.807, 2.05) is 0 Å². The number of ether oxygens (including phenoxy) is 1. The Morgan fingerprint density at radius 2 is 2.15 bits per heavy atom. The molecule has 108 valence electrons. The first-order valence-corrected chi connectivity index (χ1v) is 6.64. The SMILES string of the molecule is COc1cccnc1NC(=O)C1CCCC(C(=O)O)C1. The summed E-state index contributed by atoms with van der Waals surface area (Å²) in [5.41, 5.74) is 0. The molecule has 0 radical (unpaired) electrons.